The number of alkyl halides is 3. The van der Waals surface area contributed by atoms with Crippen molar-refractivity contribution in [3.8, 4) is 0 Å². The summed E-state index contributed by atoms with van der Waals surface area (Å²) in [6, 6.07) is 11.1. The quantitative estimate of drug-likeness (QED) is 0.428. The Kier molecular flexibility index (Phi) is 8.01. The summed E-state index contributed by atoms with van der Waals surface area (Å²) in [6.45, 7) is 4.35. The Hall–Kier alpha value is -3.01. The summed E-state index contributed by atoms with van der Waals surface area (Å²) in [4.78, 5) is 18.8. The lowest BCUT2D eigenvalue weighted by atomic mass is 10.1. The summed E-state index contributed by atoms with van der Waals surface area (Å²) in [5.41, 5.74) is 0.534. The van der Waals surface area contributed by atoms with E-state index in [0.717, 1.165) is 17.7 Å². The minimum absolute atomic E-state index is 0.0189. The van der Waals surface area contributed by atoms with Crippen molar-refractivity contribution < 1.29 is 22.4 Å². The summed E-state index contributed by atoms with van der Waals surface area (Å²) in [6.07, 6.45) is -3.79. The standard InChI is InChI=1S/C23H24F4N4OS/c1-15(2)31(22-29-20(30-33-22)13-16-6-8-19(24)9-7-16)11-10-21(32)28-14-17-4-3-5-18(12-17)23(25,26)27/h3-9,12,15H,10-11,13-14H2,1-2H3,(H,28,32). The number of halogens is 4. The Bertz CT molecular complexity index is 1070. The predicted octanol–water partition coefficient (Wildman–Crippen LogP) is 5.21. The molecular formula is C23H24F4N4OS. The molecule has 0 saturated heterocycles. The zero-order chi connectivity index (χ0) is 24.0. The third-order valence-corrected chi connectivity index (χ3v) is 5.72. The molecule has 33 heavy (non-hydrogen) atoms. The van der Waals surface area contributed by atoms with Crippen molar-refractivity contribution >= 4 is 22.6 Å². The zero-order valence-electron chi connectivity index (χ0n) is 18.2. The fraction of sp³-hybridized carbons (Fsp3) is 0.348. The van der Waals surface area contributed by atoms with Gasteiger partial charge in [-0.05, 0) is 49.2 Å². The van der Waals surface area contributed by atoms with E-state index in [1.807, 2.05) is 18.7 Å². The van der Waals surface area contributed by atoms with Crippen molar-refractivity contribution in [1.29, 1.82) is 0 Å². The molecule has 0 saturated carbocycles. The molecule has 10 heteroatoms. The molecule has 0 aliphatic rings. The van der Waals surface area contributed by atoms with Crippen LogP contribution in [0.3, 0.4) is 0 Å². The second-order valence-corrected chi connectivity index (χ2v) is 8.54. The van der Waals surface area contributed by atoms with Crippen LogP contribution in [0.2, 0.25) is 0 Å². The summed E-state index contributed by atoms with van der Waals surface area (Å²) in [5.74, 6) is 0.0401. The Morgan fingerprint density at radius 1 is 1.12 bits per heavy atom. The molecule has 0 aliphatic heterocycles. The molecular weight excluding hydrogens is 456 g/mol. The van der Waals surface area contributed by atoms with Gasteiger partial charge in [-0.15, -0.1) is 0 Å². The van der Waals surface area contributed by atoms with Gasteiger partial charge in [-0.1, -0.05) is 24.3 Å². The topological polar surface area (TPSA) is 58.1 Å². The summed E-state index contributed by atoms with van der Waals surface area (Å²) in [5, 5.41) is 3.34. The van der Waals surface area contributed by atoms with Crippen LogP contribution in [-0.2, 0) is 23.9 Å². The van der Waals surface area contributed by atoms with Crippen LogP contribution in [0.1, 0.15) is 42.8 Å². The van der Waals surface area contributed by atoms with E-state index in [4.69, 9.17) is 0 Å². The largest absolute Gasteiger partial charge is 0.416 e. The average molecular weight is 481 g/mol. The molecule has 1 N–H and O–H groups in total. The van der Waals surface area contributed by atoms with Crippen LogP contribution >= 0.6 is 11.5 Å². The molecule has 176 valence electrons. The van der Waals surface area contributed by atoms with E-state index in [2.05, 4.69) is 14.7 Å². The van der Waals surface area contributed by atoms with Gasteiger partial charge in [0.2, 0.25) is 11.0 Å². The number of nitrogens with one attached hydrogen (secondary N) is 1. The Morgan fingerprint density at radius 3 is 2.52 bits per heavy atom. The third-order valence-electron chi connectivity index (χ3n) is 4.93. The highest BCUT2D eigenvalue weighted by atomic mass is 32.1. The number of nitrogens with zero attached hydrogens (tertiary/aromatic N) is 3. The fourth-order valence-corrected chi connectivity index (χ4v) is 4.01. The van der Waals surface area contributed by atoms with Crippen LogP contribution in [0.5, 0.6) is 0 Å². The molecule has 0 atom stereocenters. The summed E-state index contributed by atoms with van der Waals surface area (Å²) >= 11 is 1.23. The molecule has 0 fully saturated rings. The Morgan fingerprint density at radius 2 is 1.85 bits per heavy atom. The van der Waals surface area contributed by atoms with E-state index in [0.29, 0.717) is 29.5 Å². The minimum atomic E-state index is -4.42. The van der Waals surface area contributed by atoms with Gasteiger partial charge >= 0.3 is 6.18 Å². The second-order valence-electron chi connectivity index (χ2n) is 7.81. The number of rotatable bonds is 9. The van der Waals surface area contributed by atoms with Crippen molar-refractivity contribution in [3.63, 3.8) is 0 Å². The molecule has 1 amide bonds. The first-order valence-electron chi connectivity index (χ1n) is 10.4. The van der Waals surface area contributed by atoms with E-state index in [-0.39, 0.29) is 30.7 Å². The predicted molar refractivity (Wildman–Crippen MR) is 120 cm³/mol. The van der Waals surface area contributed by atoms with E-state index >= 15 is 0 Å². The molecule has 5 nitrogen and oxygen atoms in total. The molecule has 0 aliphatic carbocycles. The van der Waals surface area contributed by atoms with Gasteiger partial charge in [0.1, 0.15) is 11.6 Å². The van der Waals surface area contributed by atoms with Crippen molar-refractivity contribution in [2.24, 2.45) is 0 Å². The van der Waals surface area contributed by atoms with Crippen LogP contribution in [0.4, 0.5) is 22.7 Å². The molecule has 1 heterocycles. The minimum Gasteiger partial charge on any atom is -0.352 e. The number of carbonyl (C=O) groups excluding carboxylic acids is 1. The number of amides is 1. The van der Waals surface area contributed by atoms with Crippen LogP contribution < -0.4 is 10.2 Å². The molecule has 1 aromatic heterocycles. The van der Waals surface area contributed by atoms with Crippen molar-refractivity contribution in [2.45, 2.75) is 45.5 Å². The van der Waals surface area contributed by atoms with Gasteiger partial charge < -0.3 is 10.2 Å². The monoisotopic (exact) mass is 480 g/mol. The van der Waals surface area contributed by atoms with Gasteiger partial charge in [0.15, 0.2) is 0 Å². The molecule has 0 unspecified atom stereocenters. The normalized spacial score (nSPS) is 11.6. The third kappa shape index (κ3) is 7.24. The number of hydrogen-bond donors (Lipinski definition) is 1. The van der Waals surface area contributed by atoms with Gasteiger partial charge in [-0.2, -0.15) is 17.5 Å². The van der Waals surface area contributed by atoms with E-state index in [1.165, 1.54) is 29.7 Å². The lowest BCUT2D eigenvalue weighted by molar-refractivity contribution is -0.137. The maximum atomic E-state index is 13.1. The lowest BCUT2D eigenvalue weighted by Crippen LogP contribution is -2.35. The maximum Gasteiger partial charge on any atom is 0.416 e. The zero-order valence-corrected chi connectivity index (χ0v) is 19.0. The van der Waals surface area contributed by atoms with Gasteiger partial charge in [-0.3, -0.25) is 4.79 Å². The second kappa shape index (κ2) is 10.7. The number of aromatic nitrogens is 2. The highest BCUT2D eigenvalue weighted by Crippen LogP contribution is 2.29. The summed E-state index contributed by atoms with van der Waals surface area (Å²) < 4.78 is 56.0. The SMILES string of the molecule is CC(C)N(CCC(=O)NCc1cccc(C(F)(F)F)c1)c1nc(Cc2ccc(F)cc2)ns1. The number of carbonyl (C=O) groups is 1. The van der Waals surface area contributed by atoms with Gasteiger partial charge in [0, 0.05) is 43.5 Å². The fourth-order valence-electron chi connectivity index (χ4n) is 3.16. The highest BCUT2D eigenvalue weighted by Gasteiger charge is 2.30. The van der Waals surface area contributed by atoms with Crippen molar-refractivity contribution in [3.05, 3.63) is 76.9 Å². The van der Waals surface area contributed by atoms with Crippen molar-refractivity contribution in [2.75, 3.05) is 11.4 Å². The summed E-state index contributed by atoms with van der Waals surface area (Å²) in [7, 11) is 0. The van der Waals surface area contributed by atoms with Crippen molar-refractivity contribution in [1.82, 2.24) is 14.7 Å². The van der Waals surface area contributed by atoms with Crippen LogP contribution in [0, 0.1) is 5.82 Å². The number of benzene rings is 2. The Balaban J connectivity index is 1.54. The molecule has 0 spiro atoms. The van der Waals surface area contributed by atoms with Crippen LogP contribution in [0.25, 0.3) is 0 Å². The molecule has 0 radical (unpaired) electrons. The van der Waals surface area contributed by atoms with Gasteiger partial charge in [0.25, 0.3) is 0 Å². The molecule has 3 aromatic rings. The average Bonchev–Trinajstić information content (AvgIpc) is 3.21. The first-order chi connectivity index (χ1) is 15.6. The first kappa shape index (κ1) is 24.6. The Labute approximate surface area is 193 Å². The van der Waals surface area contributed by atoms with Crippen LogP contribution in [0.15, 0.2) is 48.5 Å². The highest BCUT2D eigenvalue weighted by molar-refractivity contribution is 7.09. The first-order valence-corrected chi connectivity index (χ1v) is 11.2. The van der Waals surface area contributed by atoms with Gasteiger partial charge in [0.05, 0.1) is 5.56 Å². The van der Waals surface area contributed by atoms with E-state index in [9.17, 15) is 22.4 Å². The van der Waals surface area contributed by atoms with E-state index < -0.39 is 11.7 Å². The smallest absolute Gasteiger partial charge is 0.352 e. The van der Waals surface area contributed by atoms with E-state index in [1.54, 1.807) is 18.2 Å². The molecule has 3 rings (SSSR count). The molecule has 0 bridgehead atoms. The molecule has 2 aromatic carbocycles. The number of hydrogen-bond acceptors (Lipinski definition) is 5. The maximum absolute atomic E-state index is 13.1. The van der Waals surface area contributed by atoms with Crippen LogP contribution in [-0.4, -0.2) is 27.9 Å². The van der Waals surface area contributed by atoms with Gasteiger partial charge in [-0.25, -0.2) is 9.37 Å². The lowest BCUT2D eigenvalue weighted by Gasteiger charge is -2.25. The number of anilines is 1.